The van der Waals surface area contributed by atoms with Gasteiger partial charge in [0.2, 0.25) is 10.0 Å². The van der Waals surface area contributed by atoms with Crippen molar-refractivity contribution in [1.29, 1.82) is 0 Å². The Kier molecular flexibility index (Phi) is 5.19. The minimum absolute atomic E-state index is 0.255. The monoisotopic (exact) mass is 363 g/mol. The Morgan fingerprint density at radius 1 is 1.20 bits per heavy atom. The van der Waals surface area contributed by atoms with Gasteiger partial charge in [0.1, 0.15) is 0 Å². The zero-order chi connectivity index (χ0) is 17.9. The third-order valence-corrected chi connectivity index (χ3v) is 6.14. The number of aromatic nitrogens is 1. The van der Waals surface area contributed by atoms with Crippen molar-refractivity contribution in [1.82, 2.24) is 14.2 Å². The van der Waals surface area contributed by atoms with Crippen molar-refractivity contribution in [2.75, 3.05) is 32.8 Å². The second-order valence-corrected chi connectivity index (χ2v) is 7.76. The maximum absolute atomic E-state index is 13.0. The molecule has 0 N–H and O–H groups in total. The Morgan fingerprint density at radius 3 is 2.68 bits per heavy atom. The van der Waals surface area contributed by atoms with Crippen LogP contribution in [-0.2, 0) is 14.8 Å². The first-order chi connectivity index (χ1) is 12.0. The number of carbonyl (C=O) groups is 1. The zero-order valence-corrected chi connectivity index (χ0v) is 14.9. The number of piperazine rings is 1. The van der Waals surface area contributed by atoms with E-state index in [0.29, 0.717) is 25.1 Å². The molecule has 0 atom stereocenters. The first-order valence-electron chi connectivity index (χ1n) is 8.28. The summed E-state index contributed by atoms with van der Waals surface area (Å²) in [5.41, 5.74) is 0. The van der Waals surface area contributed by atoms with Gasteiger partial charge in [0.25, 0.3) is 0 Å². The van der Waals surface area contributed by atoms with Crippen molar-refractivity contribution in [3.63, 3.8) is 0 Å². The Bertz CT molecular complexity index is 856. The molecule has 1 amide bonds. The number of benzene rings is 1. The molecule has 2 aromatic rings. The van der Waals surface area contributed by atoms with Crippen molar-refractivity contribution in [2.24, 2.45) is 0 Å². The molecule has 0 unspecified atom stereocenters. The molecule has 3 rings (SSSR count). The number of fused-ring (bicyclic) bond motifs is 1. The van der Waals surface area contributed by atoms with E-state index in [1.54, 1.807) is 35.5 Å². The molecule has 2 heterocycles. The summed E-state index contributed by atoms with van der Waals surface area (Å²) in [5, 5.41) is 1.44. The fourth-order valence-corrected chi connectivity index (χ4v) is 4.49. The number of rotatable bonds is 4. The molecule has 0 aliphatic carbocycles. The molecule has 1 saturated heterocycles. The van der Waals surface area contributed by atoms with Crippen LogP contribution in [0.3, 0.4) is 0 Å². The van der Waals surface area contributed by atoms with Crippen LogP contribution in [0.5, 0.6) is 0 Å². The highest BCUT2D eigenvalue weighted by Gasteiger charge is 2.31. The Morgan fingerprint density at radius 2 is 1.96 bits per heavy atom. The minimum atomic E-state index is -3.63. The van der Waals surface area contributed by atoms with E-state index in [4.69, 9.17) is 4.74 Å². The fraction of sp³-hybridized carbons (Fsp3) is 0.412. The average Bonchev–Trinajstić information content (AvgIpc) is 2.65. The van der Waals surface area contributed by atoms with E-state index < -0.39 is 10.0 Å². The molecule has 25 heavy (non-hydrogen) atoms. The fourth-order valence-electron chi connectivity index (χ4n) is 2.85. The summed E-state index contributed by atoms with van der Waals surface area (Å²) in [6.45, 7) is 3.47. The topological polar surface area (TPSA) is 79.8 Å². The van der Waals surface area contributed by atoms with Gasteiger partial charge in [-0.3, -0.25) is 4.98 Å². The quantitative estimate of drug-likeness (QED) is 0.831. The van der Waals surface area contributed by atoms with Crippen molar-refractivity contribution in [3.05, 3.63) is 36.7 Å². The minimum Gasteiger partial charge on any atom is -0.449 e. The lowest BCUT2D eigenvalue weighted by atomic mass is 10.2. The van der Waals surface area contributed by atoms with E-state index in [1.807, 2.05) is 13.0 Å². The molecule has 0 spiro atoms. The van der Waals surface area contributed by atoms with E-state index in [-0.39, 0.29) is 24.1 Å². The van der Waals surface area contributed by atoms with Gasteiger partial charge >= 0.3 is 6.09 Å². The summed E-state index contributed by atoms with van der Waals surface area (Å²) in [6.07, 6.45) is 3.62. The Hall–Kier alpha value is -2.19. The highest BCUT2D eigenvalue weighted by Crippen LogP contribution is 2.25. The SMILES string of the molecule is CCCOC(=O)N1CCN(S(=O)(=O)c2cccc3cnccc23)CC1. The van der Waals surface area contributed by atoms with Crippen molar-refractivity contribution >= 4 is 26.9 Å². The van der Waals surface area contributed by atoms with Gasteiger partial charge in [-0.15, -0.1) is 0 Å². The Balaban J connectivity index is 1.77. The zero-order valence-electron chi connectivity index (χ0n) is 14.1. The highest BCUT2D eigenvalue weighted by molar-refractivity contribution is 7.89. The molecule has 1 aliphatic heterocycles. The van der Waals surface area contributed by atoms with Gasteiger partial charge < -0.3 is 9.64 Å². The first-order valence-corrected chi connectivity index (χ1v) is 9.72. The summed E-state index contributed by atoms with van der Waals surface area (Å²) >= 11 is 0. The molecule has 0 radical (unpaired) electrons. The van der Waals surface area contributed by atoms with Crippen LogP contribution in [-0.4, -0.2) is 61.5 Å². The van der Waals surface area contributed by atoms with E-state index in [0.717, 1.165) is 11.8 Å². The predicted molar refractivity (Wildman–Crippen MR) is 93.7 cm³/mol. The number of sulfonamides is 1. The van der Waals surface area contributed by atoms with Crippen LogP contribution < -0.4 is 0 Å². The summed E-state index contributed by atoms with van der Waals surface area (Å²) in [4.78, 5) is 17.7. The standard InChI is InChI=1S/C17H21N3O4S/c1-2-12-24-17(21)19-8-10-20(11-9-19)25(22,23)16-5-3-4-14-13-18-7-6-15(14)16/h3-7,13H,2,8-12H2,1H3. The molecule has 1 fully saturated rings. The van der Waals surface area contributed by atoms with Crippen LogP contribution in [0, 0.1) is 0 Å². The van der Waals surface area contributed by atoms with Gasteiger partial charge in [-0.2, -0.15) is 4.31 Å². The van der Waals surface area contributed by atoms with E-state index in [2.05, 4.69) is 4.98 Å². The Labute approximate surface area is 147 Å². The number of nitrogens with zero attached hydrogens (tertiary/aromatic N) is 3. The smallest absolute Gasteiger partial charge is 0.409 e. The molecule has 0 bridgehead atoms. The first kappa shape index (κ1) is 17.6. The predicted octanol–water partition coefficient (Wildman–Crippen LogP) is 2.09. The second kappa shape index (κ2) is 7.37. The molecule has 0 saturated carbocycles. The van der Waals surface area contributed by atoms with Crippen LogP contribution >= 0.6 is 0 Å². The molecule has 1 aromatic carbocycles. The summed E-state index contributed by atoms with van der Waals surface area (Å²) in [5.74, 6) is 0. The maximum Gasteiger partial charge on any atom is 0.409 e. The summed E-state index contributed by atoms with van der Waals surface area (Å²) in [7, 11) is -3.63. The van der Waals surface area contributed by atoms with Crippen LogP contribution in [0.4, 0.5) is 4.79 Å². The lowest BCUT2D eigenvalue weighted by molar-refractivity contribution is 0.0893. The lowest BCUT2D eigenvalue weighted by Crippen LogP contribution is -2.50. The van der Waals surface area contributed by atoms with Gasteiger partial charge in [-0.1, -0.05) is 19.1 Å². The van der Waals surface area contributed by atoms with E-state index in [9.17, 15) is 13.2 Å². The third kappa shape index (κ3) is 3.59. The van der Waals surface area contributed by atoms with Crippen molar-refractivity contribution in [2.45, 2.75) is 18.2 Å². The van der Waals surface area contributed by atoms with Gasteiger partial charge in [-0.05, 0) is 18.6 Å². The second-order valence-electron chi connectivity index (χ2n) is 5.86. The normalized spacial score (nSPS) is 16.1. The molecular formula is C17H21N3O4S. The summed E-state index contributed by atoms with van der Waals surface area (Å²) < 4.78 is 32.6. The third-order valence-electron chi connectivity index (χ3n) is 4.19. The number of amides is 1. The molecule has 1 aliphatic rings. The lowest BCUT2D eigenvalue weighted by Gasteiger charge is -2.33. The summed E-state index contributed by atoms with van der Waals surface area (Å²) in [6, 6.07) is 6.87. The maximum atomic E-state index is 13.0. The largest absolute Gasteiger partial charge is 0.449 e. The van der Waals surface area contributed by atoms with Crippen LogP contribution in [0.2, 0.25) is 0 Å². The van der Waals surface area contributed by atoms with Gasteiger partial charge in [0.05, 0.1) is 11.5 Å². The molecule has 8 heteroatoms. The number of carbonyl (C=O) groups excluding carboxylic acids is 1. The van der Waals surface area contributed by atoms with E-state index >= 15 is 0 Å². The number of hydrogen-bond donors (Lipinski definition) is 0. The van der Waals surface area contributed by atoms with Crippen LogP contribution in [0.15, 0.2) is 41.6 Å². The number of ether oxygens (including phenoxy) is 1. The molecule has 7 nitrogen and oxygen atoms in total. The molecular weight excluding hydrogens is 342 g/mol. The van der Waals surface area contributed by atoms with Gasteiger partial charge in [-0.25, -0.2) is 13.2 Å². The van der Waals surface area contributed by atoms with Gasteiger partial charge in [0, 0.05) is 49.3 Å². The number of pyridine rings is 1. The number of hydrogen-bond acceptors (Lipinski definition) is 5. The van der Waals surface area contributed by atoms with Crippen LogP contribution in [0.25, 0.3) is 10.8 Å². The van der Waals surface area contributed by atoms with Crippen molar-refractivity contribution < 1.29 is 17.9 Å². The molecule has 1 aromatic heterocycles. The van der Waals surface area contributed by atoms with Gasteiger partial charge in [0.15, 0.2) is 0 Å². The van der Waals surface area contributed by atoms with Crippen molar-refractivity contribution in [3.8, 4) is 0 Å². The molecule has 134 valence electrons. The average molecular weight is 363 g/mol. The highest BCUT2D eigenvalue weighted by atomic mass is 32.2. The van der Waals surface area contributed by atoms with Crippen LogP contribution in [0.1, 0.15) is 13.3 Å². The van der Waals surface area contributed by atoms with E-state index in [1.165, 1.54) is 4.31 Å².